The lowest BCUT2D eigenvalue weighted by molar-refractivity contribution is 0.194. The Kier molecular flexibility index (Phi) is 6.05. The zero-order valence-corrected chi connectivity index (χ0v) is 21.6. The Labute approximate surface area is 216 Å². The van der Waals surface area contributed by atoms with Crippen molar-refractivity contribution in [2.24, 2.45) is 0 Å². The standard InChI is InChI=1S/C30H31N3O2S/c1-3-20-10-12-21(13-11-20)28-26-8-6-18-32(26)29-25(24-7-4-5-9-27(24)36-29)19-33(28)30(34)31-22-14-16-23(35-2)17-15-22/h6,8,10-18,28H,3-5,7,9,19H2,1-2H3,(H,31,34). The lowest BCUT2D eigenvalue weighted by atomic mass is 9.95. The summed E-state index contributed by atoms with van der Waals surface area (Å²) in [5.74, 6) is 0.768. The van der Waals surface area contributed by atoms with Crippen molar-refractivity contribution in [3.63, 3.8) is 0 Å². The average molecular weight is 498 g/mol. The highest BCUT2D eigenvalue weighted by Gasteiger charge is 2.36. The molecule has 36 heavy (non-hydrogen) atoms. The van der Waals surface area contributed by atoms with E-state index in [9.17, 15) is 4.79 Å². The highest BCUT2D eigenvalue weighted by atomic mass is 32.1. The largest absolute Gasteiger partial charge is 0.497 e. The van der Waals surface area contributed by atoms with Crippen molar-refractivity contribution >= 4 is 23.1 Å². The Hall–Kier alpha value is -3.51. The van der Waals surface area contributed by atoms with Crippen molar-refractivity contribution in [2.45, 2.75) is 51.6 Å². The summed E-state index contributed by atoms with van der Waals surface area (Å²) in [6.07, 6.45) is 7.86. The summed E-state index contributed by atoms with van der Waals surface area (Å²) in [6.45, 7) is 2.76. The number of anilines is 1. The molecule has 3 heterocycles. The molecule has 1 aliphatic carbocycles. The van der Waals surface area contributed by atoms with E-state index in [1.807, 2.05) is 40.5 Å². The Morgan fingerprint density at radius 2 is 1.81 bits per heavy atom. The molecule has 0 spiro atoms. The molecule has 2 aromatic heterocycles. The number of carbonyl (C=O) groups is 1. The Morgan fingerprint density at radius 3 is 2.56 bits per heavy atom. The molecule has 2 amide bonds. The van der Waals surface area contributed by atoms with Gasteiger partial charge in [0, 0.05) is 22.3 Å². The van der Waals surface area contributed by atoms with E-state index in [1.54, 1.807) is 7.11 Å². The number of fused-ring (bicyclic) bond motifs is 5. The molecule has 5 nitrogen and oxygen atoms in total. The number of nitrogens with one attached hydrogen (secondary N) is 1. The van der Waals surface area contributed by atoms with Crippen molar-refractivity contribution in [2.75, 3.05) is 12.4 Å². The number of amides is 2. The number of urea groups is 1. The molecule has 6 heteroatoms. The van der Waals surface area contributed by atoms with Crippen LogP contribution < -0.4 is 10.1 Å². The van der Waals surface area contributed by atoms with Gasteiger partial charge in [0.1, 0.15) is 10.8 Å². The molecule has 0 fully saturated rings. The van der Waals surface area contributed by atoms with Gasteiger partial charge in [0.25, 0.3) is 0 Å². The maximum Gasteiger partial charge on any atom is 0.322 e. The third-order valence-corrected chi connectivity index (χ3v) is 8.82. The monoisotopic (exact) mass is 497 g/mol. The van der Waals surface area contributed by atoms with Crippen LogP contribution in [-0.4, -0.2) is 22.6 Å². The van der Waals surface area contributed by atoms with E-state index in [4.69, 9.17) is 4.74 Å². The molecule has 2 aromatic carbocycles. The first-order valence-electron chi connectivity index (χ1n) is 12.8. The molecular formula is C30H31N3O2S. The SMILES string of the molecule is CCc1ccc(C2c3cccn3-c3sc4c(c3CN2C(=O)Nc2ccc(OC)cc2)CCCC4)cc1. The van der Waals surface area contributed by atoms with E-state index in [2.05, 4.69) is 59.4 Å². The Balaban J connectivity index is 1.46. The minimum atomic E-state index is -0.192. The molecular weight excluding hydrogens is 466 g/mol. The molecule has 6 rings (SSSR count). The molecule has 4 aromatic rings. The Bertz CT molecular complexity index is 1380. The van der Waals surface area contributed by atoms with Crippen molar-refractivity contribution < 1.29 is 9.53 Å². The molecule has 1 aliphatic heterocycles. The number of aromatic nitrogens is 1. The molecule has 0 saturated heterocycles. The molecule has 0 saturated carbocycles. The molecule has 0 bridgehead atoms. The molecule has 184 valence electrons. The van der Waals surface area contributed by atoms with Crippen LogP contribution in [0.5, 0.6) is 5.75 Å². The van der Waals surface area contributed by atoms with Crippen LogP contribution in [0.2, 0.25) is 0 Å². The number of hydrogen-bond acceptors (Lipinski definition) is 3. The van der Waals surface area contributed by atoms with Crippen LogP contribution in [0.1, 0.15) is 58.6 Å². The van der Waals surface area contributed by atoms with Crippen LogP contribution in [-0.2, 0) is 25.8 Å². The minimum Gasteiger partial charge on any atom is -0.497 e. The minimum absolute atomic E-state index is 0.0962. The normalized spacial score (nSPS) is 16.5. The number of ether oxygens (including phenoxy) is 1. The second kappa shape index (κ2) is 9.51. The van der Waals surface area contributed by atoms with E-state index in [-0.39, 0.29) is 12.1 Å². The molecule has 1 N–H and O–H groups in total. The first kappa shape index (κ1) is 22.9. The average Bonchev–Trinajstić information content (AvgIpc) is 3.51. The van der Waals surface area contributed by atoms with E-state index >= 15 is 0 Å². The lowest BCUT2D eigenvalue weighted by Gasteiger charge is -2.31. The van der Waals surface area contributed by atoms with Crippen LogP contribution in [0.25, 0.3) is 5.00 Å². The van der Waals surface area contributed by atoms with Crippen LogP contribution in [0.15, 0.2) is 66.9 Å². The number of methoxy groups -OCH3 is 1. The first-order valence-corrected chi connectivity index (χ1v) is 13.6. The van der Waals surface area contributed by atoms with Gasteiger partial charge in [-0.2, -0.15) is 0 Å². The van der Waals surface area contributed by atoms with Crippen LogP contribution in [0, 0.1) is 0 Å². The molecule has 0 radical (unpaired) electrons. The van der Waals surface area contributed by atoms with Crippen LogP contribution in [0.4, 0.5) is 10.5 Å². The number of aryl methyl sites for hydroxylation is 2. The van der Waals surface area contributed by atoms with Crippen LogP contribution >= 0.6 is 11.3 Å². The van der Waals surface area contributed by atoms with E-state index < -0.39 is 0 Å². The van der Waals surface area contributed by atoms with Gasteiger partial charge in [-0.3, -0.25) is 0 Å². The maximum absolute atomic E-state index is 14.0. The second-order valence-electron chi connectivity index (χ2n) is 9.58. The van der Waals surface area contributed by atoms with Gasteiger partial charge in [-0.15, -0.1) is 11.3 Å². The summed E-state index contributed by atoms with van der Waals surface area (Å²) in [5, 5.41) is 4.44. The first-order chi connectivity index (χ1) is 17.7. The predicted molar refractivity (Wildman–Crippen MR) is 146 cm³/mol. The van der Waals surface area contributed by atoms with E-state index in [1.165, 1.54) is 39.4 Å². The van der Waals surface area contributed by atoms with Gasteiger partial charge in [-0.1, -0.05) is 31.2 Å². The van der Waals surface area contributed by atoms with E-state index in [0.29, 0.717) is 6.54 Å². The van der Waals surface area contributed by atoms with Crippen molar-refractivity contribution in [1.82, 2.24) is 9.47 Å². The van der Waals surface area contributed by atoms with Crippen molar-refractivity contribution in [3.05, 3.63) is 99.7 Å². The highest BCUT2D eigenvalue weighted by molar-refractivity contribution is 7.15. The van der Waals surface area contributed by atoms with Crippen LogP contribution in [0.3, 0.4) is 0 Å². The third-order valence-electron chi connectivity index (χ3n) is 7.48. The maximum atomic E-state index is 14.0. The topological polar surface area (TPSA) is 46.5 Å². The summed E-state index contributed by atoms with van der Waals surface area (Å²) in [6, 6.07) is 20.2. The predicted octanol–water partition coefficient (Wildman–Crippen LogP) is 7.13. The number of benzene rings is 2. The van der Waals surface area contributed by atoms with Gasteiger partial charge < -0.3 is 19.5 Å². The molecule has 1 atom stereocenters. The second-order valence-corrected chi connectivity index (χ2v) is 10.7. The quantitative estimate of drug-likeness (QED) is 0.326. The summed E-state index contributed by atoms with van der Waals surface area (Å²) in [5.41, 5.74) is 7.08. The van der Waals surface area contributed by atoms with Crippen molar-refractivity contribution in [1.29, 1.82) is 0 Å². The van der Waals surface area contributed by atoms with Gasteiger partial charge in [0.15, 0.2) is 0 Å². The van der Waals surface area contributed by atoms with Gasteiger partial charge in [-0.25, -0.2) is 4.79 Å². The zero-order chi connectivity index (χ0) is 24.6. The fraction of sp³-hybridized carbons (Fsp3) is 0.300. The van der Waals surface area contributed by atoms with Crippen molar-refractivity contribution in [3.8, 4) is 10.8 Å². The zero-order valence-electron chi connectivity index (χ0n) is 20.8. The van der Waals surface area contributed by atoms with Gasteiger partial charge >= 0.3 is 6.03 Å². The lowest BCUT2D eigenvalue weighted by Crippen LogP contribution is -2.38. The summed E-state index contributed by atoms with van der Waals surface area (Å²) < 4.78 is 7.62. The Morgan fingerprint density at radius 1 is 1.03 bits per heavy atom. The number of rotatable bonds is 4. The van der Waals surface area contributed by atoms with Gasteiger partial charge in [0.05, 0.1) is 25.4 Å². The fourth-order valence-corrected chi connectivity index (χ4v) is 6.95. The fourth-order valence-electron chi connectivity index (χ4n) is 5.54. The van der Waals surface area contributed by atoms with Gasteiger partial charge in [-0.05, 0) is 85.2 Å². The highest BCUT2D eigenvalue weighted by Crippen LogP contribution is 2.44. The number of nitrogens with zero attached hydrogens (tertiary/aromatic N) is 2. The third kappa shape index (κ3) is 3.99. The van der Waals surface area contributed by atoms with E-state index in [0.717, 1.165) is 42.0 Å². The summed E-state index contributed by atoms with van der Waals surface area (Å²) in [4.78, 5) is 17.5. The summed E-state index contributed by atoms with van der Waals surface area (Å²) >= 11 is 1.91. The number of thiophene rings is 1. The smallest absolute Gasteiger partial charge is 0.322 e. The van der Waals surface area contributed by atoms with Gasteiger partial charge in [0.2, 0.25) is 0 Å². The number of carbonyl (C=O) groups excluding carboxylic acids is 1. The number of hydrogen-bond donors (Lipinski definition) is 1. The molecule has 2 aliphatic rings. The molecule has 1 unspecified atom stereocenters. The summed E-state index contributed by atoms with van der Waals surface area (Å²) in [7, 11) is 1.65.